The Morgan fingerprint density at radius 1 is 1.53 bits per heavy atom. The summed E-state index contributed by atoms with van der Waals surface area (Å²) >= 11 is 0. The summed E-state index contributed by atoms with van der Waals surface area (Å²) in [5.41, 5.74) is 0. The van der Waals surface area contributed by atoms with E-state index in [1.165, 1.54) is 23.9 Å². The zero-order valence-corrected chi connectivity index (χ0v) is 10.2. The molecular weight excluding hydrogens is 226 g/mol. The topological polar surface area (TPSA) is 81.2 Å². The summed E-state index contributed by atoms with van der Waals surface area (Å²) in [6, 6.07) is -0.464. The van der Waals surface area contributed by atoms with E-state index in [4.69, 9.17) is 5.11 Å². The van der Waals surface area contributed by atoms with Gasteiger partial charge in [0.2, 0.25) is 5.91 Å². The number of aliphatic hydroxyl groups excluding tert-OH is 1. The second-order valence-electron chi connectivity index (χ2n) is 4.24. The maximum atomic E-state index is 11.7. The molecule has 0 saturated carbocycles. The van der Waals surface area contributed by atoms with Gasteiger partial charge in [-0.15, -0.1) is 0 Å². The second kappa shape index (κ2) is 5.13. The molecule has 1 rings (SSSR count). The molecule has 0 aliphatic carbocycles. The molecule has 1 N–H and O–H groups in total. The zero-order valence-electron chi connectivity index (χ0n) is 10.2. The van der Waals surface area contributed by atoms with Crippen LogP contribution in [0.5, 0.6) is 0 Å². The Morgan fingerprint density at radius 3 is 2.53 bits per heavy atom. The van der Waals surface area contributed by atoms with Gasteiger partial charge in [0.1, 0.15) is 13.1 Å². The molecule has 4 amide bonds. The van der Waals surface area contributed by atoms with Gasteiger partial charge in [0, 0.05) is 20.6 Å². The summed E-state index contributed by atoms with van der Waals surface area (Å²) in [6.07, 6.45) is -0.642. The van der Waals surface area contributed by atoms with Crippen LogP contribution in [0, 0.1) is 0 Å². The maximum absolute atomic E-state index is 11.7. The number of aliphatic hydroxyl groups is 1. The highest BCUT2D eigenvalue weighted by Crippen LogP contribution is 2.07. The van der Waals surface area contributed by atoms with Crippen LogP contribution in [-0.4, -0.2) is 77.5 Å². The van der Waals surface area contributed by atoms with Crippen LogP contribution >= 0.6 is 0 Å². The molecule has 0 radical (unpaired) electrons. The van der Waals surface area contributed by atoms with E-state index in [-0.39, 0.29) is 31.4 Å². The average molecular weight is 243 g/mol. The first-order valence-electron chi connectivity index (χ1n) is 5.30. The van der Waals surface area contributed by atoms with E-state index in [0.29, 0.717) is 0 Å². The first-order chi connectivity index (χ1) is 7.82. The van der Waals surface area contributed by atoms with Crippen molar-refractivity contribution in [2.24, 2.45) is 0 Å². The number of imide groups is 1. The Kier molecular flexibility index (Phi) is 4.06. The highest BCUT2D eigenvalue weighted by Gasteiger charge is 2.35. The van der Waals surface area contributed by atoms with Crippen LogP contribution in [0.1, 0.15) is 6.92 Å². The molecule has 1 atom stereocenters. The van der Waals surface area contributed by atoms with Crippen LogP contribution < -0.4 is 0 Å². The van der Waals surface area contributed by atoms with E-state index in [2.05, 4.69) is 0 Å². The van der Waals surface area contributed by atoms with Gasteiger partial charge in [0.25, 0.3) is 5.91 Å². The van der Waals surface area contributed by atoms with Crippen molar-refractivity contribution in [2.45, 2.75) is 13.0 Å². The summed E-state index contributed by atoms with van der Waals surface area (Å²) in [5, 5.41) is 9.13. The summed E-state index contributed by atoms with van der Waals surface area (Å²) in [5.74, 6) is -0.751. The normalized spacial score (nSPS) is 17.6. The Morgan fingerprint density at radius 2 is 2.12 bits per heavy atom. The van der Waals surface area contributed by atoms with Gasteiger partial charge in [-0.05, 0) is 6.92 Å². The number of nitrogens with zero attached hydrogens (tertiary/aromatic N) is 3. The fourth-order valence-electron chi connectivity index (χ4n) is 1.58. The number of carbonyl (C=O) groups is 3. The van der Waals surface area contributed by atoms with Crippen molar-refractivity contribution in [3.05, 3.63) is 0 Å². The van der Waals surface area contributed by atoms with Crippen LogP contribution in [0.4, 0.5) is 4.79 Å². The molecule has 0 spiro atoms. The summed E-state index contributed by atoms with van der Waals surface area (Å²) in [4.78, 5) is 38.1. The summed E-state index contributed by atoms with van der Waals surface area (Å²) < 4.78 is 0. The number of amides is 4. The lowest BCUT2D eigenvalue weighted by atomic mass is 10.3. The fraction of sp³-hybridized carbons (Fsp3) is 0.700. The molecule has 1 saturated heterocycles. The van der Waals surface area contributed by atoms with E-state index in [1.807, 2.05) is 0 Å². The van der Waals surface area contributed by atoms with E-state index in [0.717, 1.165) is 4.90 Å². The summed E-state index contributed by atoms with van der Waals surface area (Å²) in [7, 11) is 3.02. The summed E-state index contributed by atoms with van der Waals surface area (Å²) in [6.45, 7) is 1.46. The lowest BCUT2D eigenvalue weighted by Gasteiger charge is -2.21. The molecule has 17 heavy (non-hydrogen) atoms. The van der Waals surface area contributed by atoms with Crippen molar-refractivity contribution in [1.82, 2.24) is 14.7 Å². The molecule has 0 aromatic rings. The highest BCUT2D eigenvalue weighted by molar-refractivity contribution is 6.04. The van der Waals surface area contributed by atoms with Crippen molar-refractivity contribution in [2.75, 3.05) is 33.7 Å². The van der Waals surface area contributed by atoms with E-state index >= 15 is 0 Å². The van der Waals surface area contributed by atoms with Crippen LogP contribution in [-0.2, 0) is 9.59 Å². The van der Waals surface area contributed by atoms with Gasteiger partial charge in [-0.1, -0.05) is 0 Å². The van der Waals surface area contributed by atoms with Gasteiger partial charge in [0.05, 0.1) is 6.10 Å². The standard InChI is InChI=1S/C10H17N3O4/c1-7(14)4-11(2)8(15)6-13-9(16)5-12(3)10(13)17/h7,14H,4-6H2,1-3H3. The number of hydrogen-bond acceptors (Lipinski definition) is 4. The molecule has 1 unspecified atom stereocenters. The Hall–Kier alpha value is -1.63. The van der Waals surface area contributed by atoms with E-state index in [9.17, 15) is 14.4 Å². The van der Waals surface area contributed by atoms with Crippen molar-refractivity contribution in [3.63, 3.8) is 0 Å². The minimum absolute atomic E-state index is 0.00618. The largest absolute Gasteiger partial charge is 0.392 e. The molecule has 1 fully saturated rings. The molecule has 7 nitrogen and oxygen atoms in total. The van der Waals surface area contributed by atoms with Crippen molar-refractivity contribution in [1.29, 1.82) is 0 Å². The number of carbonyl (C=O) groups excluding carboxylic acids is 3. The molecule has 96 valence electrons. The first kappa shape index (κ1) is 13.4. The lowest BCUT2D eigenvalue weighted by Crippen LogP contribution is -2.43. The number of rotatable bonds is 4. The highest BCUT2D eigenvalue weighted by atomic mass is 16.3. The predicted octanol–water partition coefficient (Wildman–Crippen LogP) is -1.28. The minimum atomic E-state index is -0.642. The second-order valence-corrected chi connectivity index (χ2v) is 4.24. The van der Waals surface area contributed by atoms with Crippen LogP contribution in [0.25, 0.3) is 0 Å². The third-order valence-corrected chi connectivity index (χ3v) is 2.49. The Balaban J connectivity index is 2.57. The molecular formula is C10H17N3O4. The minimum Gasteiger partial charge on any atom is -0.392 e. The molecule has 1 heterocycles. The third kappa shape index (κ3) is 3.16. The van der Waals surface area contributed by atoms with Gasteiger partial charge in [0.15, 0.2) is 0 Å². The van der Waals surface area contributed by atoms with Crippen molar-refractivity contribution in [3.8, 4) is 0 Å². The Bertz CT molecular complexity index is 342. The van der Waals surface area contributed by atoms with Gasteiger partial charge >= 0.3 is 6.03 Å². The predicted molar refractivity (Wildman–Crippen MR) is 59.1 cm³/mol. The van der Waals surface area contributed by atoms with Gasteiger partial charge in [-0.25, -0.2) is 4.79 Å². The number of hydrogen-bond donors (Lipinski definition) is 1. The third-order valence-electron chi connectivity index (χ3n) is 2.49. The maximum Gasteiger partial charge on any atom is 0.327 e. The van der Waals surface area contributed by atoms with Crippen molar-refractivity contribution >= 4 is 17.8 Å². The SMILES string of the molecule is CC(O)CN(C)C(=O)CN1C(=O)CN(C)C1=O. The number of urea groups is 1. The van der Waals surface area contributed by atoms with Crippen LogP contribution in [0.3, 0.4) is 0 Å². The smallest absolute Gasteiger partial charge is 0.327 e. The fourth-order valence-corrected chi connectivity index (χ4v) is 1.58. The lowest BCUT2D eigenvalue weighted by molar-refractivity contribution is -0.136. The van der Waals surface area contributed by atoms with Crippen LogP contribution in [0.15, 0.2) is 0 Å². The van der Waals surface area contributed by atoms with Crippen molar-refractivity contribution < 1.29 is 19.5 Å². The van der Waals surface area contributed by atoms with Gasteiger partial charge < -0.3 is 14.9 Å². The Labute approximate surface area is 99.6 Å². The average Bonchev–Trinajstić information content (AvgIpc) is 2.44. The quantitative estimate of drug-likeness (QED) is 0.624. The molecule has 7 heteroatoms. The molecule has 1 aliphatic heterocycles. The first-order valence-corrected chi connectivity index (χ1v) is 5.30. The van der Waals surface area contributed by atoms with Crippen LogP contribution in [0.2, 0.25) is 0 Å². The molecule has 1 aliphatic rings. The molecule has 0 aromatic heterocycles. The molecule has 0 aromatic carbocycles. The zero-order chi connectivity index (χ0) is 13.2. The van der Waals surface area contributed by atoms with Gasteiger partial charge in [-0.3, -0.25) is 14.5 Å². The monoisotopic (exact) mass is 243 g/mol. The number of likely N-dealkylation sites (N-methyl/N-ethyl adjacent to an activating group) is 2. The van der Waals surface area contributed by atoms with E-state index < -0.39 is 12.1 Å². The van der Waals surface area contributed by atoms with Gasteiger partial charge in [-0.2, -0.15) is 0 Å². The van der Waals surface area contributed by atoms with E-state index in [1.54, 1.807) is 6.92 Å². The molecule has 0 bridgehead atoms.